The van der Waals surface area contributed by atoms with Crippen molar-refractivity contribution < 1.29 is 33.0 Å². The van der Waals surface area contributed by atoms with Crippen LogP contribution in [-0.4, -0.2) is 74.6 Å². The van der Waals surface area contributed by atoms with Crippen LogP contribution < -0.4 is 4.74 Å². The zero-order valence-electron chi connectivity index (χ0n) is 23.5. The lowest BCUT2D eigenvalue weighted by Crippen LogP contribution is -2.36. The molecule has 9 nitrogen and oxygen atoms in total. The molecule has 2 fully saturated rings. The lowest BCUT2D eigenvalue weighted by Gasteiger charge is -2.27. The summed E-state index contributed by atoms with van der Waals surface area (Å²) < 4.78 is 51.3. The quantitative estimate of drug-likeness (QED) is 0.307. The lowest BCUT2D eigenvalue weighted by atomic mass is 10.0. The van der Waals surface area contributed by atoms with Crippen LogP contribution >= 0.6 is 0 Å². The van der Waals surface area contributed by atoms with Gasteiger partial charge in [-0.15, -0.1) is 0 Å². The number of rotatable bonds is 7. The molecule has 0 spiro atoms. The Hall–Kier alpha value is -3.35. The first-order valence-electron chi connectivity index (χ1n) is 14.0. The molecule has 0 radical (unpaired) electrons. The van der Waals surface area contributed by atoms with Crippen LogP contribution in [0.1, 0.15) is 25.5 Å². The van der Waals surface area contributed by atoms with Gasteiger partial charge in [-0.1, -0.05) is 36.4 Å². The van der Waals surface area contributed by atoms with Crippen LogP contribution in [0.3, 0.4) is 0 Å². The summed E-state index contributed by atoms with van der Waals surface area (Å²) in [5.41, 5.74) is 4.45. The van der Waals surface area contributed by atoms with Crippen molar-refractivity contribution in [2.45, 2.75) is 43.8 Å². The van der Waals surface area contributed by atoms with E-state index in [1.165, 1.54) is 6.07 Å². The molecule has 2 N–H and O–H groups in total. The van der Waals surface area contributed by atoms with Crippen molar-refractivity contribution in [3.63, 3.8) is 0 Å². The molecule has 0 saturated carbocycles. The summed E-state index contributed by atoms with van der Waals surface area (Å²) in [5.74, 6) is -0.0742. The minimum absolute atomic E-state index is 0.119. The number of hydrogen-bond acceptors (Lipinski definition) is 8. The van der Waals surface area contributed by atoms with Crippen molar-refractivity contribution >= 4 is 26.4 Å². The number of halogens is 1. The first-order valence-corrected chi connectivity index (χ1v) is 16.3. The van der Waals surface area contributed by atoms with Crippen LogP contribution in [0, 0.1) is 5.82 Å². The van der Waals surface area contributed by atoms with E-state index in [2.05, 4.69) is 9.35 Å². The maximum Gasteiger partial charge on any atom is 0.198 e. The van der Waals surface area contributed by atoms with Gasteiger partial charge in [-0.25, -0.2) is 13.6 Å². The average molecular weight is 596 g/mol. The Morgan fingerprint density at radius 2 is 1.74 bits per heavy atom. The van der Waals surface area contributed by atoms with Crippen molar-refractivity contribution in [2.24, 2.45) is 4.36 Å². The van der Waals surface area contributed by atoms with E-state index in [1.807, 2.05) is 53.1 Å². The highest BCUT2D eigenvalue weighted by Crippen LogP contribution is 2.37. The molecule has 2 aromatic carbocycles. The Balaban J connectivity index is 1.32. The van der Waals surface area contributed by atoms with Crippen LogP contribution in [0.5, 0.6) is 5.88 Å². The molecule has 4 heterocycles. The molecule has 2 aliphatic heterocycles. The molecule has 4 atom stereocenters. The SMILES string of the molecule is CS(C)(=O)=Nc1ccc(-c2ccc(-c3nc4cc(O[C@@H]5CO[C@H](CO)[C@@H]5O)n(C5CCCCO5)c4cc3F)cc2)cc1. The Morgan fingerprint density at radius 3 is 2.36 bits per heavy atom. The van der Waals surface area contributed by atoms with Gasteiger partial charge in [0.2, 0.25) is 0 Å². The van der Waals surface area contributed by atoms with Crippen LogP contribution in [0.25, 0.3) is 33.4 Å². The molecular weight excluding hydrogens is 561 g/mol. The van der Waals surface area contributed by atoms with Gasteiger partial charge in [0, 0.05) is 46.5 Å². The second-order valence-electron chi connectivity index (χ2n) is 11.0. The third-order valence-corrected chi connectivity index (χ3v) is 8.21. The Morgan fingerprint density at radius 1 is 1.05 bits per heavy atom. The number of pyridine rings is 1. The van der Waals surface area contributed by atoms with Gasteiger partial charge in [0.05, 0.1) is 29.9 Å². The lowest BCUT2D eigenvalue weighted by molar-refractivity contribution is -0.0381. The van der Waals surface area contributed by atoms with E-state index in [-0.39, 0.29) is 25.1 Å². The number of ether oxygens (including phenoxy) is 3. The van der Waals surface area contributed by atoms with E-state index in [9.17, 15) is 14.4 Å². The van der Waals surface area contributed by atoms with Gasteiger partial charge in [-0.3, -0.25) is 4.57 Å². The summed E-state index contributed by atoms with van der Waals surface area (Å²) >= 11 is 0. The Labute approximate surface area is 244 Å². The van der Waals surface area contributed by atoms with Crippen molar-refractivity contribution in [1.82, 2.24) is 9.55 Å². The smallest absolute Gasteiger partial charge is 0.198 e. The summed E-state index contributed by atoms with van der Waals surface area (Å²) in [6, 6.07) is 18.1. The largest absolute Gasteiger partial charge is 0.470 e. The zero-order chi connectivity index (χ0) is 29.4. The Bertz CT molecular complexity index is 1680. The third-order valence-electron chi connectivity index (χ3n) is 7.56. The second-order valence-corrected chi connectivity index (χ2v) is 13.5. The van der Waals surface area contributed by atoms with Gasteiger partial charge in [-0.05, 0) is 42.5 Å². The average Bonchev–Trinajstić information content (AvgIpc) is 3.51. The fraction of sp³-hybridized carbons (Fsp3) is 0.387. The molecule has 2 saturated heterocycles. The van der Waals surface area contributed by atoms with Crippen molar-refractivity contribution in [3.05, 3.63) is 66.5 Å². The molecule has 2 aliphatic rings. The molecule has 1 unspecified atom stereocenters. The number of fused-ring (bicyclic) bond motifs is 1. The molecule has 2 aromatic heterocycles. The highest BCUT2D eigenvalue weighted by atomic mass is 32.2. The fourth-order valence-corrected chi connectivity index (χ4v) is 6.11. The number of hydrogen-bond donors (Lipinski definition) is 2. The summed E-state index contributed by atoms with van der Waals surface area (Å²) in [5, 5.41) is 20.0. The molecule has 0 aliphatic carbocycles. The molecule has 0 bridgehead atoms. The van der Waals surface area contributed by atoms with Crippen molar-refractivity contribution in [1.29, 1.82) is 0 Å². The van der Waals surface area contributed by atoms with E-state index in [1.54, 1.807) is 18.6 Å². The topological polar surface area (TPSA) is 115 Å². The highest BCUT2D eigenvalue weighted by Gasteiger charge is 2.38. The summed E-state index contributed by atoms with van der Waals surface area (Å²) in [7, 11) is -2.24. The van der Waals surface area contributed by atoms with Crippen LogP contribution in [0.2, 0.25) is 0 Å². The third kappa shape index (κ3) is 5.93. The fourth-order valence-electron chi connectivity index (χ4n) is 5.48. The van der Waals surface area contributed by atoms with E-state index in [0.717, 1.165) is 30.4 Å². The van der Waals surface area contributed by atoms with Gasteiger partial charge in [-0.2, -0.15) is 4.36 Å². The standard InChI is InChI=1S/C31H34FN3O6S/c1-42(2,38)34-22-12-10-20(11-13-22)19-6-8-21(9-7-19)30-23(32)15-25-24(33-30)16-29(35(25)28-5-3-4-14-39-28)41-27-18-40-26(17-36)31(27)37/h6-13,15-16,26-28,31,36-37H,3-5,14,17-18H2,1-2H3/t26-,27-,28?,31+/m1/s1. The van der Waals surface area contributed by atoms with Gasteiger partial charge < -0.3 is 24.4 Å². The number of aliphatic hydroxyl groups is 2. The Kier molecular flexibility index (Phi) is 8.03. The molecule has 0 amide bonds. The monoisotopic (exact) mass is 595 g/mol. The van der Waals surface area contributed by atoms with Gasteiger partial charge >= 0.3 is 0 Å². The van der Waals surface area contributed by atoms with E-state index >= 15 is 4.39 Å². The van der Waals surface area contributed by atoms with E-state index in [0.29, 0.717) is 34.8 Å². The predicted molar refractivity (Wildman–Crippen MR) is 159 cm³/mol. The summed E-state index contributed by atoms with van der Waals surface area (Å²) in [4.78, 5) is 4.69. The normalized spacial score (nSPS) is 22.9. The summed E-state index contributed by atoms with van der Waals surface area (Å²) in [6.45, 7) is 0.390. The first-order chi connectivity index (χ1) is 20.2. The predicted octanol–water partition coefficient (Wildman–Crippen LogP) is 5.07. The molecule has 222 valence electrons. The highest BCUT2D eigenvalue weighted by molar-refractivity contribution is 7.92. The van der Waals surface area contributed by atoms with E-state index < -0.39 is 33.9 Å². The molecule has 11 heteroatoms. The van der Waals surface area contributed by atoms with Gasteiger partial charge in [0.15, 0.2) is 17.8 Å². The number of aromatic nitrogens is 2. The minimum Gasteiger partial charge on any atom is -0.470 e. The molecular formula is C31H34FN3O6S. The van der Waals surface area contributed by atoms with Gasteiger partial charge in [0.1, 0.15) is 24.1 Å². The molecule has 42 heavy (non-hydrogen) atoms. The number of benzene rings is 2. The first kappa shape index (κ1) is 28.8. The number of nitrogens with zero attached hydrogens (tertiary/aromatic N) is 3. The summed E-state index contributed by atoms with van der Waals surface area (Å²) in [6.07, 6.45) is 3.07. The van der Waals surface area contributed by atoms with Crippen LogP contribution in [0.15, 0.2) is 65.0 Å². The van der Waals surface area contributed by atoms with Crippen LogP contribution in [0.4, 0.5) is 10.1 Å². The zero-order valence-corrected chi connectivity index (χ0v) is 24.3. The second kappa shape index (κ2) is 11.7. The molecule has 4 aromatic rings. The van der Waals surface area contributed by atoms with Crippen LogP contribution in [-0.2, 0) is 19.2 Å². The molecule has 6 rings (SSSR count). The van der Waals surface area contributed by atoms with Crippen molar-refractivity contribution in [3.8, 4) is 28.3 Å². The minimum atomic E-state index is -2.24. The van der Waals surface area contributed by atoms with E-state index in [4.69, 9.17) is 14.2 Å². The maximum absolute atomic E-state index is 15.6. The van der Waals surface area contributed by atoms with Gasteiger partial charge in [0.25, 0.3) is 0 Å². The van der Waals surface area contributed by atoms with Crippen molar-refractivity contribution in [2.75, 3.05) is 32.3 Å². The number of aliphatic hydroxyl groups excluding tert-OH is 2. The maximum atomic E-state index is 15.6.